The number of hydrogen-bond acceptors (Lipinski definition) is 8. The van der Waals surface area contributed by atoms with Crippen LogP contribution >= 0.6 is 23.1 Å². The molecule has 1 saturated heterocycles. The van der Waals surface area contributed by atoms with Crippen LogP contribution in [0.5, 0.6) is 0 Å². The van der Waals surface area contributed by atoms with Gasteiger partial charge in [-0.3, -0.25) is 4.79 Å². The summed E-state index contributed by atoms with van der Waals surface area (Å²) in [7, 11) is 0. The Morgan fingerprint density at radius 2 is 2.00 bits per heavy atom. The number of aryl methyl sites for hydroxylation is 1. The van der Waals surface area contributed by atoms with E-state index in [1.165, 1.54) is 0 Å². The van der Waals surface area contributed by atoms with Crippen molar-refractivity contribution >= 4 is 29.1 Å². The van der Waals surface area contributed by atoms with Gasteiger partial charge in [-0.15, -0.1) is 10.2 Å². The maximum absolute atomic E-state index is 12.1. The number of esters is 1. The number of nitrogens with zero attached hydrogens (tertiary/aromatic N) is 2. The Kier molecular flexibility index (Phi) is 6.28. The van der Waals surface area contributed by atoms with Gasteiger partial charge in [0.1, 0.15) is 10.6 Å². The minimum Gasteiger partial charge on any atom is -0.460 e. The summed E-state index contributed by atoms with van der Waals surface area (Å²) in [5, 5.41) is 9.09. The van der Waals surface area contributed by atoms with E-state index in [1.54, 1.807) is 23.1 Å². The summed E-state index contributed by atoms with van der Waals surface area (Å²) in [6.07, 6.45) is 0.692. The molecular formula is C16H26N2O4S2. The molecule has 1 aliphatic heterocycles. The van der Waals surface area contributed by atoms with Crippen molar-refractivity contribution in [3.8, 4) is 0 Å². The molecule has 0 unspecified atom stereocenters. The van der Waals surface area contributed by atoms with Crippen molar-refractivity contribution in [3.05, 3.63) is 5.01 Å². The Hall–Kier alpha value is -0.700. The van der Waals surface area contributed by atoms with Crippen molar-refractivity contribution in [1.82, 2.24) is 10.2 Å². The summed E-state index contributed by atoms with van der Waals surface area (Å²) in [5.74, 6) is -0.198. The first-order valence-electron chi connectivity index (χ1n) is 8.03. The molecule has 2 heterocycles. The second-order valence-electron chi connectivity index (χ2n) is 7.30. The minimum absolute atomic E-state index is 0.00427. The van der Waals surface area contributed by atoms with Gasteiger partial charge in [0.15, 0.2) is 10.1 Å². The highest BCUT2D eigenvalue weighted by Gasteiger charge is 2.37. The van der Waals surface area contributed by atoms with Crippen LogP contribution in [0, 0.1) is 6.92 Å². The number of ether oxygens (including phenoxy) is 3. The molecule has 0 aliphatic carbocycles. The average molecular weight is 375 g/mol. The SMILES string of the molecule is Cc1nnc(SC[C@H]2C[C@H](CC(=O)OC(C)(C)C)OC(C)(C)O2)s1. The average Bonchev–Trinajstić information content (AvgIpc) is 2.78. The molecule has 0 amide bonds. The normalized spacial score (nSPS) is 23.9. The lowest BCUT2D eigenvalue weighted by Crippen LogP contribution is -2.46. The van der Waals surface area contributed by atoms with E-state index in [2.05, 4.69) is 10.2 Å². The van der Waals surface area contributed by atoms with Gasteiger partial charge in [0.2, 0.25) is 0 Å². The first kappa shape index (κ1) is 19.6. The Balaban J connectivity index is 1.89. The fraction of sp³-hybridized carbons (Fsp3) is 0.812. The Labute approximate surface area is 151 Å². The maximum atomic E-state index is 12.1. The molecule has 1 aliphatic rings. The number of hydrogen-bond donors (Lipinski definition) is 0. The van der Waals surface area contributed by atoms with E-state index in [0.717, 1.165) is 15.1 Å². The number of aromatic nitrogens is 2. The maximum Gasteiger partial charge on any atom is 0.308 e. The standard InChI is InChI=1S/C16H26N2O4S2/c1-10-17-18-14(24-10)23-9-12-7-11(20-16(5,6)21-12)8-13(19)22-15(2,3)4/h11-12H,7-9H2,1-6H3/t11-,12-/m1/s1. The molecule has 24 heavy (non-hydrogen) atoms. The number of thioether (sulfide) groups is 1. The molecule has 0 aromatic carbocycles. The van der Waals surface area contributed by atoms with E-state index >= 15 is 0 Å². The van der Waals surface area contributed by atoms with Crippen LogP contribution in [-0.2, 0) is 19.0 Å². The van der Waals surface area contributed by atoms with Crippen molar-refractivity contribution in [2.45, 2.75) is 82.3 Å². The zero-order valence-corrected chi connectivity index (χ0v) is 16.8. The van der Waals surface area contributed by atoms with Gasteiger partial charge in [0.05, 0.1) is 18.6 Å². The summed E-state index contributed by atoms with van der Waals surface area (Å²) in [6.45, 7) is 11.3. The first-order valence-corrected chi connectivity index (χ1v) is 9.83. The van der Waals surface area contributed by atoms with Crippen molar-refractivity contribution in [1.29, 1.82) is 0 Å². The second kappa shape index (κ2) is 7.68. The molecule has 0 N–H and O–H groups in total. The summed E-state index contributed by atoms with van der Waals surface area (Å²) >= 11 is 3.20. The van der Waals surface area contributed by atoms with Gasteiger partial charge in [-0.2, -0.15) is 0 Å². The quantitative estimate of drug-likeness (QED) is 0.576. The smallest absolute Gasteiger partial charge is 0.308 e. The molecule has 0 spiro atoms. The molecule has 1 aromatic heterocycles. The van der Waals surface area contributed by atoms with Crippen LogP contribution in [0.3, 0.4) is 0 Å². The van der Waals surface area contributed by atoms with E-state index in [9.17, 15) is 4.79 Å². The highest BCUT2D eigenvalue weighted by molar-refractivity contribution is 8.01. The van der Waals surface area contributed by atoms with Crippen molar-refractivity contribution in [3.63, 3.8) is 0 Å². The molecule has 0 bridgehead atoms. The molecule has 2 atom stereocenters. The van der Waals surface area contributed by atoms with Crippen LogP contribution in [0.4, 0.5) is 0 Å². The molecule has 0 radical (unpaired) electrons. The zero-order valence-electron chi connectivity index (χ0n) is 15.1. The Morgan fingerprint density at radius 1 is 1.33 bits per heavy atom. The predicted octanol–water partition coefficient (Wildman–Crippen LogP) is 3.58. The summed E-state index contributed by atoms with van der Waals surface area (Å²) in [4.78, 5) is 12.1. The third kappa shape index (κ3) is 6.66. The highest BCUT2D eigenvalue weighted by Crippen LogP contribution is 2.32. The zero-order chi connectivity index (χ0) is 18.0. The molecule has 6 nitrogen and oxygen atoms in total. The van der Waals surface area contributed by atoms with Crippen molar-refractivity contribution in [2.75, 3.05) is 5.75 Å². The van der Waals surface area contributed by atoms with Crippen LogP contribution in [0.2, 0.25) is 0 Å². The van der Waals surface area contributed by atoms with Gasteiger partial charge < -0.3 is 14.2 Å². The van der Waals surface area contributed by atoms with Crippen LogP contribution in [0.15, 0.2) is 4.34 Å². The van der Waals surface area contributed by atoms with Gasteiger partial charge in [-0.25, -0.2) is 0 Å². The van der Waals surface area contributed by atoms with Crippen molar-refractivity contribution in [2.24, 2.45) is 0 Å². The van der Waals surface area contributed by atoms with Crippen LogP contribution < -0.4 is 0 Å². The molecular weight excluding hydrogens is 348 g/mol. The van der Waals surface area contributed by atoms with E-state index in [1.807, 2.05) is 41.5 Å². The molecule has 1 aromatic rings. The number of carbonyl (C=O) groups excluding carboxylic acids is 1. The minimum atomic E-state index is -0.715. The lowest BCUT2D eigenvalue weighted by molar-refractivity contribution is -0.295. The van der Waals surface area contributed by atoms with Gasteiger partial charge in [0.25, 0.3) is 0 Å². The third-order valence-corrected chi connectivity index (χ3v) is 5.25. The number of rotatable bonds is 5. The third-order valence-electron chi connectivity index (χ3n) is 3.14. The van der Waals surface area contributed by atoms with Crippen LogP contribution in [0.25, 0.3) is 0 Å². The Bertz CT molecular complexity index is 569. The van der Waals surface area contributed by atoms with Crippen LogP contribution in [0.1, 0.15) is 52.5 Å². The topological polar surface area (TPSA) is 70.5 Å². The van der Waals surface area contributed by atoms with Gasteiger partial charge >= 0.3 is 5.97 Å². The van der Waals surface area contributed by atoms with Gasteiger partial charge in [0, 0.05) is 12.2 Å². The van der Waals surface area contributed by atoms with E-state index in [-0.39, 0.29) is 24.6 Å². The van der Waals surface area contributed by atoms with E-state index in [4.69, 9.17) is 14.2 Å². The summed E-state index contributed by atoms with van der Waals surface area (Å²) in [6, 6.07) is 0. The largest absolute Gasteiger partial charge is 0.460 e. The first-order chi connectivity index (χ1) is 11.0. The highest BCUT2D eigenvalue weighted by atomic mass is 32.2. The van der Waals surface area contributed by atoms with Gasteiger partial charge in [-0.05, 0) is 41.5 Å². The monoisotopic (exact) mass is 374 g/mol. The molecule has 0 saturated carbocycles. The molecule has 2 rings (SSSR count). The van der Waals surface area contributed by atoms with Crippen LogP contribution in [-0.4, -0.2) is 45.5 Å². The number of carbonyl (C=O) groups is 1. The van der Waals surface area contributed by atoms with E-state index < -0.39 is 11.4 Å². The lowest BCUT2D eigenvalue weighted by atomic mass is 10.1. The lowest BCUT2D eigenvalue weighted by Gasteiger charge is -2.40. The fourth-order valence-electron chi connectivity index (χ4n) is 2.52. The Morgan fingerprint density at radius 3 is 2.58 bits per heavy atom. The van der Waals surface area contributed by atoms with E-state index in [0.29, 0.717) is 6.42 Å². The van der Waals surface area contributed by atoms with Crippen molar-refractivity contribution < 1.29 is 19.0 Å². The fourth-order valence-corrected chi connectivity index (χ4v) is 4.37. The predicted molar refractivity (Wildman–Crippen MR) is 94.3 cm³/mol. The molecule has 8 heteroatoms. The molecule has 136 valence electrons. The second-order valence-corrected chi connectivity index (χ2v) is 9.75. The van der Waals surface area contributed by atoms with Gasteiger partial charge in [-0.1, -0.05) is 23.1 Å². The summed E-state index contributed by atoms with van der Waals surface area (Å²) in [5.41, 5.74) is -0.483. The molecule has 1 fully saturated rings. The summed E-state index contributed by atoms with van der Waals surface area (Å²) < 4.78 is 18.2.